The van der Waals surface area contributed by atoms with Gasteiger partial charge in [0.1, 0.15) is 5.75 Å². The summed E-state index contributed by atoms with van der Waals surface area (Å²) < 4.78 is 5.11. The van der Waals surface area contributed by atoms with Gasteiger partial charge in [-0.25, -0.2) is 0 Å². The van der Waals surface area contributed by atoms with E-state index in [9.17, 15) is 0 Å². The Morgan fingerprint density at radius 2 is 2.06 bits per heavy atom. The number of hydrogen-bond donors (Lipinski definition) is 1. The smallest absolute Gasteiger partial charge is 0.176 e. The molecule has 0 amide bonds. The molecule has 0 saturated carbocycles. The van der Waals surface area contributed by atoms with Gasteiger partial charge >= 0.3 is 0 Å². The summed E-state index contributed by atoms with van der Waals surface area (Å²) in [5, 5.41) is 15.4. The molecule has 0 aliphatic rings. The monoisotopic (exact) mass is 247 g/mol. The Morgan fingerprint density at radius 1 is 1.28 bits per heavy atom. The molecule has 0 unspecified atom stereocenters. The van der Waals surface area contributed by atoms with Crippen LogP contribution in [0.2, 0.25) is 0 Å². The first kappa shape index (κ1) is 12.5. The summed E-state index contributed by atoms with van der Waals surface area (Å²) >= 11 is 0. The van der Waals surface area contributed by atoms with E-state index in [1.165, 1.54) is 0 Å². The fraction of sp³-hybridized carbons (Fsp3) is 0.417. The highest BCUT2D eigenvalue weighted by atomic mass is 16.5. The molecule has 0 atom stereocenters. The van der Waals surface area contributed by atoms with Gasteiger partial charge in [-0.05, 0) is 30.0 Å². The molecule has 0 aliphatic heterocycles. The third-order valence-corrected chi connectivity index (χ3v) is 2.58. The van der Waals surface area contributed by atoms with Crippen molar-refractivity contribution in [3.63, 3.8) is 0 Å². The van der Waals surface area contributed by atoms with Gasteiger partial charge in [0.15, 0.2) is 5.82 Å². The second kappa shape index (κ2) is 6.11. The molecule has 1 heterocycles. The van der Waals surface area contributed by atoms with E-state index in [0.29, 0.717) is 6.54 Å². The van der Waals surface area contributed by atoms with Gasteiger partial charge in [0.2, 0.25) is 0 Å². The quantitative estimate of drug-likeness (QED) is 0.805. The number of nitrogens with zero attached hydrogens (tertiary/aromatic N) is 4. The number of hydrogen-bond acceptors (Lipinski definition) is 5. The van der Waals surface area contributed by atoms with Gasteiger partial charge in [-0.1, -0.05) is 12.1 Å². The fourth-order valence-corrected chi connectivity index (χ4v) is 1.57. The summed E-state index contributed by atoms with van der Waals surface area (Å²) in [6.07, 6.45) is 0.791. The largest absolute Gasteiger partial charge is 0.497 e. The SMILES string of the molecule is CNCCc1nnn(Cc2ccc(OC)cc2)n1. The van der Waals surface area contributed by atoms with Crippen molar-refractivity contribution in [2.24, 2.45) is 0 Å². The van der Waals surface area contributed by atoms with Crippen LogP contribution in [0.1, 0.15) is 11.4 Å². The first-order chi connectivity index (χ1) is 8.81. The molecule has 96 valence electrons. The summed E-state index contributed by atoms with van der Waals surface area (Å²) in [7, 11) is 3.56. The number of benzene rings is 1. The Bertz CT molecular complexity index is 479. The van der Waals surface area contributed by atoms with Crippen LogP contribution in [0, 0.1) is 0 Å². The molecule has 0 aliphatic carbocycles. The predicted octanol–water partition coefficient (Wildman–Crippen LogP) is 0.492. The van der Waals surface area contributed by atoms with E-state index in [0.717, 1.165) is 30.1 Å². The van der Waals surface area contributed by atoms with Gasteiger partial charge in [0.25, 0.3) is 0 Å². The minimum atomic E-state index is 0.622. The lowest BCUT2D eigenvalue weighted by atomic mass is 10.2. The van der Waals surface area contributed by atoms with Crippen LogP contribution >= 0.6 is 0 Å². The first-order valence-corrected chi connectivity index (χ1v) is 5.86. The van der Waals surface area contributed by atoms with Crippen LogP contribution in [0.5, 0.6) is 5.75 Å². The zero-order chi connectivity index (χ0) is 12.8. The van der Waals surface area contributed by atoms with Gasteiger partial charge in [-0.2, -0.15) is 4.80 Å². The van der Waals surface area contributed by atoms with Gasteiger partial charge in [-0.3, -0.25) is 0 Å². The maximum atomic E-state index is 5.11. The number of rotatable bonds is 6. The molecule has 0 bridgehead atoms. The third-order valence-electron chi connectivity index (χ3n) is 2.58. The Kier molecular flexibility index (Phi) is 4.25. The van der Waals surface area contributed by atoms with E-state index in [1.807, 2.05) is 31.3 Å². The Morgan fingerprint density at radius 3 is 2.72 bits per heavy atom. The summed E-state index contributed by atoms with van der Waals surface area (Å²) in [6, 6.07) is 7.84. The van der Waals surface area contributed by atoms with Crippen LogP contribution in [0.3, 0.4) is 0 Å². The highest BCUT2D eigenvalue weighted by molar-refractivity contribution is 5.27. The standard InChI is InChI=1S/C12H17N5O/c1-13-8-7-12-14-16-17(15-12)9-10-3-5-11(18-2)6-4-10/h3-6,13H,7-9H2,1-2H3. The topological polar surface area (TPSA) is 64.9 Å². The molecule has 6 heteroatoms. The molecule has 1 N–H and O–H groups in total. The van der Waals surface area contributed by atoms with Crippen LogP contribution in [-0.4, -0.2) is 40.9 Å². The van der Waals surface area contributed by atoms with Crippen molar-refractivity contribution in [1.82, 2.24) is 25.5 Å². The summed E-state index contributed by atoms with van der Waals surface area (Å²) in [4.78, 5) is 1.60. The van der Waals surface area contributed by atoms with E-state index in [-0.39, 0.29) is 0 Å². The second-order valence-corrected chi connectivity index (χ2v) is 3.94. The van der Waals surface area contributed by atoms with Gasteiger partial charge < -0.3 is 10.1 Å². The highest BCUT2D eigenvalue weighted by Crippen LogP contribution is 2.11. The van der Waals surface area contributed by atoms with Crippen LogP contribution < -0.4 is 10.1 Å². The molecule has 18 heavy (non-hydrogen) atoms. The van der Waals surface area contributed by atoms with Gasteiger partial charge in [0, 0.05) is 13.0 Å². The van der Waals surface area contributed by atoms with Crippen molar-refractivity contribution >= 4 is 0 Å². The summed E-state index contributed by atoms with van der Waals surface area (Å²) in [6.45, 7) is 1.48. The average Bonchev–Trinajstić information content (AvgIpc) is 2.85. The number of ether oxygens (including phenoxy) is 1. The molecular weight excluding hydrogens is 230 g/mol. The lowest BCUT2D eigenvalue weighted by Crippen LogP contribution is -2.11. The second-order valence-electron chi connectivity index (χ2n) is 3.94. The van der Waals surface area contributed by atoms with Crippen molar-refractivity contribution in [3.8, 4) is 5.75 Å². The van der Waals surface area contributed by atoms with E-state index in [4.69, 9.17) is 4.74 Å². The van der Waals surface area contributed by atoms with Crippen LogP contribution in [0.25, 0.3) is 0 Å². The summed E-state index contributed by atoms with van der Waals surface area (Å²) in [5.74, 6) is 1.61. The molecule has 1 aromatic heterocycles. The molecule has 0 radical (unpaired) electrons. The molecule has 6 nitrogen and oxygen atoms in total. The van der Waals surface area contributed by atoms with Crippen molar-refractivity contribution in [1.29, 1.82) is 0 Å². The number of methoxy groups -OCH3 is 1. The van der Waals surface area contributed by atoms with E-state index in [2.05, 4.69) is 20.7 Å². The van der Waals surface area contributed by atoms with Crippen molar-refractivity contribution in [3.05, 3.63) is 35.7 Å². The van der Waals surface area contributed by atoms with E-state index < -0.39 is 0 Å². The summed E-state index contributed by atoms with van der Waals surface area (Å²) in [5.41, 5.74) is 1.12. The number of likely N-dealkylation sites (N-methyl/N-ethyl adjacent to an activating group) is 1. The molecule has 0 spiro atoms. The maximum absolute atomic E-state index is 5.11. The molecular formula is C12H17N5O. The molecule has 2 aromatic rings. The molecule has 0 saturated heterocycles. The van der Waals surface area contributed by atoms with Crippen LogP contribution in [0.15, 0.2) is 24.3 Å². The Balaban J connectivity index is 1.97. The Hall–Kier alpha value is -1.95. The third kappa shape index (κ3) is 3.27. The number of aromatic nitrogens is 4. The fourth-order valence-electron chi connectivity index (χ4n) is 1.57. The van der Waals surface area contributed by atoms with Crippen molar-refractivity contribution in [2.75, 3.05) is 20.7 Å². The van der Waals surface area contributed by atoms with Crippen LogP contribution in [0.4, 0.5) is 0 Å². The van der Waals surface area contributed by atoms with E-state index >= 15 is 0 Å². The number of nitrogens with one attached hydrogen (secondary N) is 1. The molecule has 1 aromatic carbocycles. The highest BCUT2D eigenvalue weighted by Gasteiger charge is 2.03. The number of tetrazole rings is 1. The molecule has 2 rings (SSSR count). The minimum Gasteiger partial charge on any atom is -0.497 e. The first-order valence-electron chi connectivity index (χ1n) is 5.86. The van der Waals surface area contributed by atoms with Gasteiger partial charge in [0.05, 0.1) is 13.7 Å². The zero-order valence-electron chi connectivity index (χ0n) is 10.6. The Labute approximate surface area is 106 Å². The lowest BCUT2D eigenvalue weighted by Gasteiger charge is -2.02. The predicted molar refractivity (Wildman–Crippen MR) is 67.5 cm³/mol. The van der Waals surface area contributed by atoms with E-state index in [1.54, 1.807) is 11.9 Å². The lowest BCUT2D eigenvalue weighted by molar-refractivity contribution is 0.414. The maximum Gasteiger partial charge on any atom is 0.176 e. The van der Waals surface area contributed by atoms with Gasteiger partial charge in [-0.15, -0.1) is 10.2 Å². The zero-order valence-corrected chi connectivity index (χ0v) is 10.6. The van der Waals surface area contributed by atoms with Crippen molar-refractivity contribution in [2.45, 2.75) is 13.0 Å². The normalized spacial score (nSPS) is 10.6. The van der Waals surface area contributed by atoms with Crippen molar-refractivity contribution < 1.29 is 4.74 Å². The average molecular weight is 247 g/mol. The minimum absolute atomic E-state index is 0.622. The van der Waals surface area contributed by atoms with Crippen LogP contribution in [-0.2, 0) is 13.0 Å². The molecule has 0 fully saturated rings.